The van der Waals surface area contributed by atoms with Gasteiger partial charge >= 0.3 is 0 Å². The Balaban J connectivity index is 2.06. The van der Waals surface area contributed by atoms with Crippen LogP contribution in [-0.4, -0.2) is 18.8 Å². The Hall–Kier alpha value is -0.450. The molecule has 2 nitrogen and oxygen atoms in total. The highest BCUT2D eigenvalue weighted by Gasteiger charge is 2.31. The quantitative estimate of drug-likeness (QED) is 0.925. The minimum Gasteiger partial charge on any atom is -0.378 e. The lowest BCUT2D eigenvalue weighted by Gasteiger charge is -2.24. The van der Waals surface area contributed by atoms with Gasteiger partial charge in [0.25, 0.3) is 0 Å². The first kappa shape index (κ1) is 14.0. The molecule has 100 valence electrons. The van der Waals surface area contributed by atoms with Crippen molar-refractivity contribution < 1.29 is 9.13 Å². The molecule has 1 aliphatic heterocycles. The molecule has 1 aromatic carbocycles. The van der Waals surface area contributed by atoms with Crippen LogP contribution in [0.5, 0.6) is 0 Å². The van der Waals surface area contributed by atoms with Crippen LogP contribution in [0.2, 0.25) is 0 Å². The van der Waals surface area contributed by atoms with Gasteiger partial charge in [0.2, 0.25) is 0 Å². The lowest BCUT2D eigenvalue weighted by Crippen LogP contribution is -2.37. The standard InChI is InChI=1S/C14H19BrFNO/c1-2-13-10(6-7-18-13)12(17)8-9-4-3-5-11(16)14(9)15/h3-5,10,12-13H,2,6-8,17H2,1H3. The molecule has 1 saturated heterocycles. The van der Waals surface area contributed by atoms with Gasteiger partial charge in [0.15, 0.2) is 0 Å². The molecule has 0 spiro atoms. The van der Waals surface area contributed by atoms with Crippen molar-refractivity contribution in [2.45, 2.75) is 38.3 Å². The van der Waals surface area contributed by atoms with Crippen LogP contribution in [-0.2, 0) is 11.2 Å². The number of rotatable bonds is 4. The predicted octanol–water partition coefficient (Wildman–Crippen LogP) is 3.27. The lowest BCUT2D eigenvalue weighted by atomic mass is 9.88. The number of hydrogen-bond acceptors (Lipinski definition) is 2. The summed E-state index contributed by atoms with van der Waals surface area (Å²) in [7, 11) is 0. The smallest absolute Gasteiger partial charge is 0.137 e. The van der Waals surface area contributed by atoms with Crippen molar-refractivity contribution in [3.63, 3.8) is 0 Å². The van der Waals surface area contributed by atoms with E-state index in [1.807, 2.05) is 6.07 Å². The lowest BCUT2D eigenvalue weighted by molar-refractivity contribution is 0.0813. The third kappa shape index (κ3) is 2.92. The molecule has 1 aromatic rings. The summed E-state index contributed by atoms with van der Waals surface area (Å²) in [6.45, 7) is 2.91. The molecule has 4 heteroatoms. The molecule has 0 amide bonds. The van der Waals surface area contributed by atoms with E-state index in [0.29, 0.717) is 16.8 Å². The first-order chi connectivity index (χ1) is 8.63. The van der Waals surface area contributed by atoms with Crippen LogP contribution >= 0.6 is 15.9 Å². The fourth-order valence-corrected chi connectivity index (χ4v) is 3.11. The molecular weight excluding hydrogens is 297 g/mol. The van der Waals surface area contributed by atoms with Gasteiger partial charge in [0, 0.05) is 18.6 Å². The maximum Gasteiger partial charge on any atom is 0.137 e. The number of halogens is 2. The molecule has 0 radical (unpaired) electrons. The fourth-order valence-electron chi connectivity index (χ4n) is 2.69. The first-order valence-corrected chi connectivity index (χ1v) is 7.22. The van der Waals surface area contributed by atoms with E-state index in [4.69, 9.17) is 10.5 Å². The van der Waals surface area contributed by atoms with E-state index < -0.39 is 0 Å². The Labute approximate surface area is 116 Å². The van der Waals surface area contributed by atoms with Crippen molar-refractivity contribution in [2.75, 3.05) is 6.61 Å². The van der Waals surface area contributed by atoms with Gasteiger partial charge in [-0.1, -0.05) is 19.1 Å². The highest BCUT2D eigenvalue weighted by molar-refractivity contribution is 9.10. The van der Waals surface area contributed by atoms with Gasteiger partial charge in [-0.3, -0.25) is 0 Å². The number of hydrogen-bond donors (Lipinski definition) is 1. The zero-order valence-electron chi connectivity index (χ0n) is 10.5. The topological polar surface area (TPSA) is 35.2 Å². The van der Waals surface area contributed by atoms with Gasteiger partial charge in [-0.25, -0.2) is 4.39 Å². The molecule has 2 rings (SSSR count). The van der Waals surface area contributed by atoms with E-state index in [9.17, 15) is 4.39 Å². The summed E-state index contributed by atoms with van der Waals surface area (Å²) in [5, 5.41) is 0. The highest BCUT2D eigenvalue weighted by atomic mass is 79.9. The van der Waals surface area contributed by atoms with E-state index >= 15 is 0 Å². The van der Waals surface area contributed by atoms with Crippen LogP contribution in [0, 0.1) is 11.7 Å². The summed E-state index contributed by atoms with van der Waals surface area (Å²) in [5.41, 5.74) is 7.21. The number of ether oxygens (including phenoxy) is 1. The molecule has 3 unspecified atom stereocenters. The van der Waals surface area contributed by atoms with Crippen LogP contribution in [0.3, 0.4) is 0 Å². The van der Waals surface area contributed by atoms with Crippen LogP contribution in [0.15, 0.2) is 22.7 Å². The second-order valence-corrected chi connectivity index (χ2v) is 5.64. The molecule has 1 aliphatic rings. The van der Waals surface area contributed by atoms with Crippen LogP contribution in [0.1, 0.15) is 25.3 Å². The maximum atomic E-state index is 13.4. The van der Waals surface area contributed by atoms with Crippen LogP contribution in [0.4, 0.5) is 4.39 Å². The Bertz CT molecular complexity index is 413. The number of nitrogens with two attached hydrogens (primary N) is 1. The zero-order valence-corrected chi connectivity index (χ0v) is 12.1. The van der Waals surface area contributed by atoms with Crippen molar-refractivity contribution >= 4 is 15.9 Å². The fraction of sp³-hybridized carbons (Fsp3) is 0.571. The normalized spacial score (nSPS) is 25.3. The third-order valence-corrected chi connectivity index (χ3v) is 4.59. The Morgan fingerprint density at radius 1 is 1.56 bits per heavy atom. The molecule has 0 aliphatic carbocycles. The van der Waals surface area contributed by atoms with Crippen molar-refractivity contribution in [3.8, 4) is 0 Å². The van der Waals surface area contributed by atoms with E-state index in [1.165, 1.54) is 6.07 Å². The highest BCUT2D eigenvalue weighted by Crippen LogP contribution is 2.29. The van der Waals surface area contributed by atoms with Crippen molar-refractivity contribution in [1.29, 1.82) is 0 Å². The summed E-state index contributed by atoms with van der Waals surface area (Å²) in [4.78, 5) is 0. The van der Waals surface area contributed by atoms with Gasteiger partial charge < -0.3 is 10.5 Å². The first-order valence-electron chi connectivity index (χ1n) is 6.43. The van der Waals surface area contributed by atoms with Crippen LogP contribution in [0.25, 0.3) is 0 Å². The molecule has 2 N–H and O–H groups in total. The molecule has 18 heavy (non-hydrogen) atoms. The second kappa shape index (κ2) is 6.13. The summed E-state index contributed by atoms with van der Waals surface area (Å²) >= 11 is 3.29. The molecule has 0 bridgehead atoms. The van der Waals surface area contributed by atoms with Gasteiger partial charge in [0.05, 0.1) is 10.6 Å². The molecule has 1 heterocycles. The molecule has 0 saturated carbocycles. The minimum absolute atomic E-state index is 0.0237. The monoisotopic (exact) mass is 315 g/mol. The summed E-state index contributed by atoms with van der Waals surface area (Å²) in [6.07, 6.45) is 2.94. The third-order valence-electron chi connectivity index (χ3n) is 3.70. The SMILES string of the molecule is CCC1OCCC1C(N)Cc1cccc(F)c1Br. The Morgan fingerprint density at radius 3 is 3.06 bits per heavy atom. The predicted molar refractivity (Wildman–Crippen MR) is 73.9 cm³/mol. The van der Waals surface area contributed by atoms with E-state index in [-0.39, 0.29) is 18.0 Å². The van der Waals surface area contributed by atoms with Gasteiger partial charge in [-0.15, -0.1) is 0 Å². The molecule has 0 aromatic heterocycles. The van der Waals surface area contributed by atoms with E-state index in [1.54, 1.807) is 6.07 Å². The average Bonchev–Trinajstić information content (AvgIpc) is 2.83. The number of benzene rings is 1. The van der Waals surface area contributed by atoms with Gasteiger partial charge in [-0.2, -0.15) is 0 Å². The molecular formula is C14H19BrFNO. The summed E-state index contributed by atoms with van der Waals surface area (Å²) in [6, 6.07) is 5.12. The molecule has 1 fully saturated rings. The van der Waals surface area contributed by atoms with E-state index in [2.05, 4.69) is 22.9 Å². The summed E-state index contributed by atoms with van der Waals surface area (Å²) in [5.74, 6) is 0.152. The van der Waals surface area contributed by atoms with Gasteiger partial charge in [0.1, 0.15) is 5.82 Å². The van der Waals surface area contributed by atoms with Gasteiger partial charge in [-0.05, 0) is 46.8 Å². The molecule has 3 atom stereocenters. The van der Waals surface area contributed by atoms with Crippen LogP contribution < -0.4 is 5.73 Å². The van der Waals surface area contributed by atoms with Crippen molar-refractivity contribution in [3.05, 3.63) is 34.1 Å². The maximum absolute atomic E-state index is 13.4. The average molecular weight is 316 g/mol. The largest absolute Gasteiger partial charge is 0.378 e. The Morgan fingerprint density at radius 2 is 2.33 bits per heavy atom. The zero-order chi connectivity index (χ0) is 13.1. The van der Waals surface area contributed by atoms with Crippen molar-refractivity contribution in [2.24, 2.45) is 11.7 Å². The second-order valence-electron chi connectivity index (χ2n) is 4.85. The van der Waals surface area contributed by atoms with Crippen molar-refractivity contribution in [1.82, 2.24) is 0 Å². The Kier molecular flexibility index (Phi) is 4.76. The van der Waals surface area contributed by atoms with E-state index in [0.717, 1.165) is 25.0 Å². The summed E-state index contributed by atoms with van der Waals surface area (Å²) < 4.78 is 19.6. The minimum atomic E-state index is -0.227.